The summed E-state index contributed by atoms with van der Waals surface area (Å²) in [6.07, 6.45) is 0. The fourth-order valence-corrected chi connectivity index (χ4v) is 1.74. The molecular weight excluding hydrogens is 252 g/mol. The molecule has 0 atom stereocenters. The molecule has 1 fully saturated rings. The van der Waals surface area contributed by atoms with Crippen molar-refractivity contribution in [1.82, 2.24) is 14.7 Å². The second-order valence-corrected chi connectivity index (χ2v) is 3.86. The van der Waals surface area contributed by atoms with Crippen molar-refractivity contribution in [3.05, 3.63) is 30.3 Å². The summed E-state index contributed by atoms with van der Waals surface area (Å²) < 4.78 is 0. The zero-order valence-corrected chi connectivity index (χ0v) is 9.38. The van der Waals surface area contributed by atoms with Crippen LogP contribution in [0.2, 0.25) is 0 Å². The highest BCUT2D eigenvalue weighted by atomic mass is 16.6. The Morgan fingerprint density at radius 3 is 1.06 bits per heavy atom. The summed E-state index contributed by atoms with van der Waals surface area (Å²) in [5.41, 5.74) is 0. The second kappa shape index (κ2) is 6.13. The second-order valence-electron chi connectivity index (χ2n) is 3.86. The average molecular weight is 264 g/mol. The molecule has 0 spiro atoms. The summed E-state index contributed by atoms with van der Waals surface area (Å²) in [5.74, 6) is 0. The normalized spacial score (nSPS) is 18.7. The summed E-state index contributed by atoms with van der Waals surface area (Å²) in [4.78, 5) is 33.3. The molecule has 1 heterocycles. The smallest absolute Gasteiger partial charge is 0.261 e. The van der Waals surface area contributed by atoms with Crippen molar-refractivity contribution >= 4 is 0 Å². The Balaban J connectivity index is 2.62. The molecule has 1 saturated heterocycles. The maximum Gasteiger partial charge on any atom is 0.261 e. The minimum atomic E-state index is -0.583. The fourth-order valence-electron chi connectivity index (χ4n) is 1.74. The van der Waals surface area contributed by atoms with Crippen LogP contribution in [0.1, 0.15) is 0 Å². The minimum Gasteiger partial charge on any atom is -0.263 e. The van der Waals surface area contributed by atoms with E-state index in [0.717, 1.165) is 0 Å². The van der Waals surface area contributed by atoms with Crippen molar-refractivity contribution < 1.29 is 14.8 Å². The van der Waals surface area contributed by atoms with Gasteiger partial charge in [0.25, 0.3) is 20.0 Å². The number of rotatable bonds is 6. The van der Waals surface area contributed by atoms with Gasteiger partial charge in [-0.3, -0.25) is 30.3 Å². The van der Waals surface area contributed by atoms with Gasteiger partial charge in [0.2, 0.25) is 0 Å². The lowest BCUT2D eigenvalue weighted by atomic mass is 10.5. The van der Waals surface area contributed by atoms with Crippen LogP contribution in [-0.4, -0.2) is 69.5 Å². The third-order valence-corrected chi connectivity index (χ3v) is 2.15. The van der Waals surface area contributed by atoms with E-state index in [1.807, 2.05) is 0 Å². The van der Waals surface area contributed by atoms with E-state index in [4.69, 9.17) is 0 Å². The molecule has 0 aliphatic carbocycles. The SMILES string of the molecule is O=[N+]([O-])CN1CN(C[N+](=O)[O-])CN(C[N+](=O)[O-])C1. The molecule has 0 aromatic heterocycles. The average Bonchev–Trinajstić information content (AvgIpc) is 2.12. The standard InChI is InChI=1S/C6H12N6O6/c13-10(14)4-7-1-8(5-11(15)16)3-9(2-7)6-12(17)18/h1-6H2. The van der Waals surface area contributed by atoms with Crippen LogP contribution in [0, 0.1) is 30.3 Å². The van der Waals surface area contributed by atoms with E-state index < -0.39 is 34.8 Å². The summed E-state index contributed by atoms with van der Waals surface area (Å²) in [7, 11) is 0. The third kappa shape index (κ3) is 4.94. The van der Waals surface area contributed by atoms with Crippen LogP contribution in [-0.2, 0) is 0 Å². The van der Waals surface area contributed by atoms with Crippen molar-refractivity contribution in [2.24, 2.45) is 0 Å². The zero-order valence-electron chi connectivity index (χ0n) is 9.38. The van der Waals surface area contributed by atoms with E-state index in [1.165, 1.54) is 14.7 Å². The summed E-state index contributed by atoms with van der Waals surface area (Å²) in [6.45, 7) is -1.42. The van der Waals surface area contributed by atoms with Gasteiger partial charge in [-0.15, -0.1) is 0 Å². The largest absolute Gasteiger partial charge is 0.263 e. The van der Waals surface area contributed by atoms with Gasteiger partial charge in [0, 0.05) is 14.8 Å². The molecule has 0 saturated carbocycles. The van der Waals surface area contributed by atoms with E-state index >= 15 is 0 Å². The Hall–Kier alpha value is -1.92. The van der Waals surface area contributed by atoms with Crippen molar-refractivity contribution in [3.63, 3.8) is 0 Å². The first kappa shape index (κ1) is 14.1. The predicted molar refractivity (Wildman–Crippen MR) is 55.7 cm³/mol. The molecule has 102 valence electrons. The maximum atomic E-state index is 10.4. The van der Waals surface area contributed by atoms with Gasteiger partial charge in [0.05, 0.1) is 20.0 Å². The van der Waals surface area contributed by atoms with Crippen LogP contribution in [0.15, 0.2) is 0 Å². The maximum absolute atomic E-state index is 10.4. The highest BCUT2D eigenvalue weighted by Gasteiger charge is 2.30. The Morgan fingerprint density at radius 2 is 0.889 bits per heavy atom. The van der Waals surface area contributed by atoms with Crippen molar-refractivity contribution in [2.75, 3.05) is 40.0 Å². The molecule has 0 radical (unpaired) electrons. The molecule has 1 aliphatic rings. The van der Waals surface area contributed by atoms with Gasteiger partial charge in [-0.1, -0.05) is 0 Å². The molecule has 12 heteroatoms. The van der Waals surface area contributed by atoms with Gasteiger partial charge < -0.3 is 0 Å². The van der Waals surface area contributed by atoms with Crippen LogP contribution < -0.4 is 0 Å². The third-order valence-electron chi connectivity index (χ3n) is 2.15. The molecule has 0 unspecified atom stereocenters. The number of nitrogens with zero attached hydrogens (tertiary/aromatic N) is 6. The van der Waals surface area contributed by atoms with E-state index in [2.05, 4.69) is 0 Å². The van der Waals surface area contributed by atoms with E-state index in [0.29, 0.717) is 0 Å². The summed E-state index contributed by atoms with van der Waals surface area (Å²) in [5, 5.41) is 31.2. The van der Waals surface area contributed by atoms with Crippen molar-refractivity contribution in [3.8, 4) is 0 Å². The van der Waals surface area contributed by atoms with Crippen molar-refractivity contribution in [2.45, 2.75) is 0 Å². The summed E-state index contributed by atoms with van der Waals surface area (Å²) in [6, 6.07) is 0. The van der Waals surface area contributed by atoms with Crippen molar-refractivity contribution in [1.29, 1.82) is 0 Å². The lowest BCUT2D eigenvalue weighted by molar-refractivity contribution is -0.535. The zero-order chi connectivity index (χ0) is 13.7. The number of hydrogen-bond donors (Lipinski definition) is 0. The van der Waals surface area contributed by atoms with E-state index in [1.54, 1.807) is 0 Å². The highest BCUT2D eigenvalue weighted by Crippen LogP contribution is 2.07. The quantitative estimate of drug-likeness (QED) is 0.413. The van der Waals surface area contributed by atoms with Gasteiger partial charge in [0.1, 0.15) is 0 Å². The topological polar surface area (TPSA) is 139 Å². The summed E-state index contributed by atoms with van der Waals surface area (Å²) >= 11 is 0. The minimum absolute atomic E-state index is 0.0379. The lowest BCUT2D eigenvalue weighted by Gasteiger charge is -2.36. The van der Waals surface area contributed by atoms with Gasteiger partial charge in [-0.2, -0.15) is 0 Å². The fraction of sp³-hybridized carbons (Fsp3) is 1.00. The molecule has 12 nitrogen and oxygen atoms in total. The molecule has 0 aromatic rings. The Bertz CT molecular complexity index is 291. The molecule has 0 bridgehead atoms. The highest BCUT2D eigenvalue weighted by molar-refractivity contribution is 4.63. The lowest BCUT2D eigenvalue weighted by Crippen LogP contribution is -2.57. The first-order valence-corrected chi connectivity index (χ1v) is 4.89. The van der Waals surface area contributed by atoms with Crippen LogP contribution >= 0.6 is 0 Å². The Labute approximate surface area is 101 Å². The monoisotopic (exact) mass is 264 g/mol. The predicted octanol–water partition coefficient (Wildman–Crippen LogP) is -1.52. The molecule has 0 amide bonds. The Morgan fingerprint density at radius 1 is 0.667 bits per heavy atom. The first-order chi connectivity index (χ1) is 8.36. The first-order valence-electron chi connectivity index (χ1n) is 4.89. The molecule has 1 rings (SSSR count). The molecule has 18 heavy (non-hydrogen) atoms. The van der Waals surface area contributed by atoms with Crippen LogP contribution in [0.3, 0.4) is 0 Å². The number of hydrogen-bond acceptors (Lipinski definition) is 9. The molecule has 0 aromatic carbocycles. The van der Waals surface area contributed by atoms with Crippen LogP contribution in [0.5, 0.6) is 0 Å². The molecule has 1 aliphatic heterocycles. The van der Waals surface area contributed by atoms with Gasteiger partial charge >= 0.3 is 0 Å². The van der Waals surface area contributed by atoms with Gasteiger partial charge in [0.15, 0.2) is 0 Å². The number of nitro groups is 3. The molecular formula is C6H12N6O6. The van der Waals surface area contributed by atoms with Gasteiger partial charge in [-0.05, 0) is 0 Å². The van der Waals surface area contributed by atoms with Crippen LogP contribution in [0.25, 0.3) is 0 Å². The Kier molecular flexibility index (Phi) is 4.82. The van der Waals surface area contributed by atoms with Gasteiger partial charge in [-0.25, -0.2) is 14.7 Å². The van der Waals surface area contributed by atoms with E-state index in [-0.39, 0.29) is 20.0 Å². The van der Waals surface area contributed by atoms with E-state index in [9.17, 15) is 30.3 Å². The molecule has 0 N–H and O–H groups in total. The van der Waals surface area contributed by atoms with Crippen LogP contribution in [0.4, 0.5) is 0 Å².